The maximum Gasteiger partial charge on any atom is 0.257 e. The number of carbonyl (C=O) groups is 1. The van der Waals surface area contributed by atoms with E-state index in [1.807, 2.05) is 18.7 Å². The van der Waals surface area contributed by atoms with Crippen LogP contribution in [0.25, 0.3) is 0 Å². The first kappa shape index (κ1) is 18.8. The van der Waals surface area contributed by atoms with Crippen LogP contribution in [0.5, 0.6) is 5.88 Å². The Morgan fingerprint density at radius 2 is 2.00 bits per heavy atom. The molecular formula is C17H27N3O3S. The third-order valence-electron chi connectivity index (χ3n) is 4.05. The SMILES string of the molecule is CC(C)Cn1c(SCC(=O)N2C[C@H](C)C[C@H](C)C2)nc(O)cc1=O. The molecule has 1 saturated heterocycles. The van der Waals surface area contributed by atoms with Crippen LogP contribution in [0.15, 0.2) is 16.0 Å². The topological polar surface area (TPSA) is 75.4 Å². The van der Waals surface area contributed by atoms with Crippen molar-refractivity contribution < 1.29 is 9.90 Å². The summed E-state index contributed by atoms with van der Waals surface area (Å²) in [6.45, 7) is 10.4. The van der Waals surface area contributed by atoms with Crippen LogP contribution >= 0.6 is 11.8 Å². The van der Waals surface area contributed by atoms with E-state index in [1.165, 1.54) is 16.3 Å². The fourth-order valence-electron chi connectivity index (χ4n) is 3.20. The van der Waals surface area contributed by atoms with Crippen LogP contribution in [0.3, 0.4) is 0 Å². The van der Waals surface area contributed by atoms with Gasteiger partial charge in [-0.05, 0) is 24.2 Å². The fraction of sp³-hybridized carbons (Fsp3) is 0.706. The highest BCUT2D eigenvalue weighted by atomic mass is 32.2. The van der Waals surface area contributed by atoms with Crippen molar-refractivity contribution in [1.82, 2.24) is 14.5 Å². The summed E-state index contributed by atoms with van der Waals surface area (Å²) in [5.74, 6) is 1.30. The van der Waals surface area contributed by atoms with Crippen molar-refractivity contribution in [3.63, 3.8) is 0 Å². The van der Waals surface area contributed by atoms with E-state index in [4.69, 9.17) is 0 Å². The van der Waals surface area contributed by atoms with Crippen LogP contribution in [0.1, 0.15) is 34.1 Å². The monoisotopic (exact) mass is 353 g/mol. The minimum Gasteiger partial charge on any atom is -0.493 e. The minimum atomic E-state index is -0.296. The molecular weight excluding hydrogens is 326 g/mol. The number of hydrogen-bond acceptors (Lipinski definition) is 5. The smallest absolute Gasteiger partial charge is 0.257 e. The highest BCUT2D eigenvalue weighted by Gasteiger charge is 2.25. The number of aromatic nitrogens is 2. The molecule has 2 rings (SSSR count). The average Bonchev–Trinajstić information content (AvgIpc) is 2.46. The predicted molar refractivity (Wildman–Crippen MR) is 95.2 cm³/mol. The van der Waals surface area contributed by atoms with Gasteiger partial charge in [0.25, 0.3) is 5.56 Å². The van der Waals surface area contributed by atoms with Gasteiger partial charge < -0.3 is 10.0 Å². The molecule has 0 spiro atoms. The van der Waals surface area contributed by atoms with Crippen LogP contribution in [0.4, 0.5) is 0 Å². The lowest BCUT2D eigenvalue weighted by molar-refractivity contribution is -0.130. The lowest BCUT2D eigenvalue weighted by Gasteiger charge is -2.35. The summed E-state index contributed by atoms with van der Waals surface area (Å²) >= 11 is 1.22. The first-order valence-corrected chi connectivity index (χ1v) is 9.46. The number of likely N-dealkylation sites (tertiary alicyclic amines) is 1. The van der Waals surface area contributed by atoms with Crippen LogP contribution in [0.2, 0.25) is 0 Å². The van der Waals surface area contributed by atoms with E-state index >= 15 is 0 Å². The van der Waals surface area contributed by atoms with Gasteiger partial charge in [0.2, 0.25) is 11.8 Å². The second kappa shape index (κ2) is 8.05. The van der Waals surface area contributed by atoms with Gasteiger partial charge >= 0.3 is 0 Å². The number of aromatic hydroxyl groups is 1. The fourth-order valence-corrected chi connectivity index (χ4v) is 4.11. The molecule has 0 saturated carbocycles. The Morgan fingerprint density at radius 3 is 2.58 bits per heavy atom. The largest absolute Gasteiger partial charge is 0.493 e. The summed E-state index contributed by atoms with van der Waals surface area (Å²) in [4.78, 5) is 30.5. The predicted octanol–water partition coefficient (Wildman–Crippen LogP) is 2.20. The maximum atomic E-state index is 12.5. The van der Waals surface area contributed by atoms with Crippen molar-refractivity contribution in [2.45, 2.75) is 45.8 Å². The Kier molecular flexibility index (Phi) is 6.32. The zero-order valence-electron chi connectivity index (χ0n) is 14.9. The summed E-state index contributed by atoms with van der Waals surface area (Å²) in [5.41, 5.74) is -0.286. The standard InChI is InChI=1S/C17H27N3O3S/c1-11(2)7-20-15(22)6-14(21)18-17(20)24-10-16(23)19-8-12(3)5-13(4)9-19/h6,11-13,21H,5,7-10H2,1-4H3/t12-,13+. The van der Waals surface area contributed by atoms with Crippen LogP contribution in [0, 0.1) is 17.8 Å². The van der Waals surface area contributed by atoms with Gasteiger partial charge in [-0.3, -0.25) is 14.2 Å². The van der Waals surface area contributed by atoms with Gasteiger partial charge in [0.1, 0.15) is 0 Å². The zero-order valence-corrected chi connectivity index (χ0v) is 15.7. The lowest BCUT2D eigenvalue weighted by atomic mass is 9.92. The molecule has 1 amide bonds. The van der Waals surface area contributed by atoms with Crippen molar-refractivity contribution in [3.8, 4) is 5.88 Å². The number of carbonyl (C=O) groups excluding carboxylic acids is 1. The van der Waals surface area contributed by atoms with E-state index in [2.05, 4.69) is 18.8 Å². The third-order valence-corrected chi connectivity index (χ3v) is 5.01. The van der Waals surface area contributed by atoms with Crippen molar-refractivity contribution in [2.75, 3.05) is 18.8 Å². The van der Waals surface area contributed by atoms with Gasteiger partial charge in [0.15, 0.2) is 5.16 Å². The summed E-state index contributed by atoms with van der Waals surface area (Å²) in [5, 5.41) is 10.0. The number of nitrogens with zero attached hydrogens (tertiary/aromatic N) is 3. The number of amides is 1. The van der Waals surface area contributed by atoms with E-state index in [-0.39, 0.29) is 29.0 Å². The summed E-state index contributed by atoms with van der Waals surface area (Å²) in [6, 6.07) is 1.11. The molecule has 2 heterocycles. The molecule has 0 bridgehead atoms. The van der Waals surface area contributed by atoms with Gasteiger partial charge in [-0.2, -0.15) is 4.98 Å². The number of piperidine rings is 1. The molecule has 1 aliphatic rings. The quantitative estimate of drug-likeness (QED) is 0.649. The molecule has 0 unspecified atom stereocenters. The number of thioether (sulfide) groups is 1. The molecule has 6 nitrogen and oxygen atoms in total. The first-order chi connectivity index (χ1) is 11.3. The third kappa shape index (κ3) is 5.00. The molecule has 7 heteroatoms. The Balaban J connectivity index is 2.08. The summed E-state index contributed by atoms with van der Waals surface area (Å²) in [7, 11) is 0. The van der Waals surface area contributed by atoms with E-state index in [9.17, 15) is 14.7 Å². The second-order valence-electron chi connectivity index (χ2n) is 7.27. The second-order valence-corrected chi connectivity index (χ2v) is 8.22. The van der Waals surface area contributed by atoms with Crippen LogP contribution < -0.4 is 5.56 Å². The van der Waals surface area contributed by atoms with Crippen molar-refractivity contribution >= 4 is 17.7 Å². The van der Waals surface area contributed by atoms with Gasteiger partial charge in [0, 0.05) is 19.6 Å². The van der Waals surface area contributed by atoms with Crippen molar-refractivity contribution in [2.24, 2.45) is 17.8 Å². The molecule has 0 aromatic carbocycles. The highest BCUT2D eigenvalue weighted by molar-refractivity contribution is 7.99. The molecule has 1 aromatic heterocycles. The molecule has 1 aliphatic heterocycles. The maximum absolute atomic E-state index is 12.5. The van der Waals surface area contributed by atoms with Crippen molar-refractivity contribution in [1.29, 1.82) is 0 Å². The number of hydrogen-bond donors (Lipinski definition) is 1. The van der Waals surface area contributed by atoms with Gasteiger partial charge in [0.05, 0.1) is 11.8 Å². The Morgan fingerprint density at radius 1 is 1.38 bits per heavy atom. The molecule has 0 radical (unpaired) electrons. The summed E-state index contributed by atoms with van der Waals surface area (Å²) in [6.07, 6.45) is 1.15. The normalized spacial score (nSPS) is 21.3. The Bertz CT molecular complexity index is 634. The van der Waals surface area contributed by atoms with E-state index in [0.29, 0.717) is 23.5 Å². The van der Waals surface area contributed by atoms with E-state index < -0.39 is 0 Å². The van der Waals surface area contributed by atoms with Gasteiger partial charge in [-0.1, -0.05) is 39.5 Å². The lowest BCUT2D eigenvalue weighted by Crippen LogP contribution is -2.43. The molecule has 0 aliphatic carbocycles. The van der Waals surface area contributed by atoms with E-state index in [0.717, 1.165) is 25.6 Å². The molecule has 1 N–H and O–H groups in total. The molecule has 24 heavy (non-hydrogen) atoms. The average molecular weight is 353 g/mol. The Labute approximate surface area is 147 Å². The number of rotatable bonds is 5. The minimum absolute atomic E-state index is 0.0621. The molecule has 1 fully saturated rings. The van der Waals surface area contributed by atoms with E-state index in [1.54, 1.807) is 0 Å². The highest BCUT2D eigenvalue weighted by Crippen LogP contribution is 2.23. The van der Waals surface area contributed by atoms with Crippen LogP contribution in [-0.4, -0.2) is 44.3 Å². The van der Waals surface area contributed by atoms with Gasteiger partial charge in [-0.15, -0.1) is 0 Å². The molecule has 2 atom stereocenters. The molecule has 1 aromatic rings. The Hall–Kier alpha value is -1.50. The molecule has 134 valence electrons. The first-order valence-electron chi connectivity index (χ1n) is 8.47. The van der Waals surface area contributed by atoms with Gasteiger partial charge in [-0.25, -0.2) is 0 Å². The summed E-state index contributed by atoms with van der Waals surface area (Å²) < 4.78 is 1.53. The van der Waals surface area contributed by atoms with Crippen LogP contribution in [-0.2, 0) is 11.3 Å². The zero-order chi connectivity index (χ0) is 17.9. The van der Waals surface area contributed by atoms with Crippen molar-refractivity contribution in [3.05, 3.63) is 16.4 Å².